The molecule has 20 heavy (non-hydrogen) atoms. The predicted molar refractivity (Wildman–Crippen MR) is 84.2 cm³/mol. The number of aliphatic hydroxyl groups is 1. The van der Waals surface area contributed by atoms with Crippen molar-refractivity contribution in [3.05, 3.63) is 71.8 Å². The number of benzene rings is 2. The highest BCUT2D eigenvalue weighted by Crippen LogP contribution is 2.35. The predicted octanol–water partition coefficient (Wildman–Crippen LogP) is 3.26. The van der Waals surface area contributed by atoms with Gasteiger partial charge < -0.3 is 5.11 Å². The number of likely N-dealkylation sites (tertiary alicyclic amines) is 1. The van der Waals surface area contributed by atoms with Crippen LogP contribution in [0.15, 0.2) is 60.7 Å². The van der Waals surface area contributed by atoms with Crippen LogP contribution >= 0.6 is 12.4 Å². The highest BCUT2D eigenvalue weighted by Gasteiger charge is 2.41. The van der Waals surface area contributed by atoms with Gasteiger partial charge in [-0.15, -0.1) is 12.4 Å². The maximum absolute atomic E-state index is 9.98. The molecule has 0 radical (unpaired) electrons. The summed E-state index contributed by atoms with van der Waals surface area (Å²) in [5.74, 6) is 0. The van der Waals surface area contributed by atoms with E-state index in [1.807, 2.05) is 19.1 Å². The van der Waals surface area contributed by atoms with E-state index >= 15 is 0 Å². The van der Waals surface area contributed by atoms with Gasteiger partial charge in [-0.3, -0.25) is 4.90 Å². The molecule has 3 heteroatoms. The van der Waals surface area contributed by atoms with Crippen molar-refractivity contribution in [1.29, 1.82) is 0 Å². The molecule has 0 unspecified atom stereocenters. The normalized spacial score (nSPS) is 17.4. The third kappa shape index (κ3) is 3.04. The lowest BCUT2D eigenvalue weighted by molar-refractivity contribution is -0.0964. The summed E-state index contributed by atoms with van der Waals surface area (Å²) in [5, 5.41) is 9.98. The maximum Gasteiger partial charge on any atom is 0.0872 e. The minimum Gasteiger partial charge on any atom is -0.388 e. The maximum atomic E-state index is 9.98. The highest BCUT2D eigenvalue weighted by atomic mass is 35.5. The molecule has 1 aliphatic rings. The molecule has 0 aliphatic carbocycles. The van der Waals surface area contributed by atoms with Crippen molar-refractivity contribution in [2.75, 3.05) is 13.1 Å². The van der Waals surface area contributed by atoms with Crippen molar-refractivity contribution in [2.24, 2.45) is 0 Å². The molecule has 0 spiro atoms. The Balaban J connectivity index is 0.00000147. The number of rotatable bonds is 3. The van der Waals surface area contributed by atoms with Gasteiger partial charge in [0.05, 0.1) is 11.6 Å². The summed E-state index contributed by atoms with van der Waals surface area (Å²) in [7, 11) is 0. The van der Waals surface area contributed by atoms with Crippen LogP contribution < -0.4 is 0 Å². The third-order valence-corrected chi connectivity index (χ3v) is 3.68. The average Bonchev–Trinajstić information content (AvgIpc) is 2.39. The molecule has 1 heterocycles. The SMILES string of the molecule is CC1(O)CN(C(c2ccccc2)c2ccccc2)C1.Cl. The summed E-state index contributed by atoms with van der Waals surface area (Å²) in [6, 6.07) is 21.2. The minimum atomic E-state index is -0.540. The lowest BCUT2D eigenvalue weighted by atomic mass is 9.89. The molecule has 0 atom stereocenters. The number of hydrogen-bond donors (Lipinski definition) is 1. The summed E-state index contributed by atoms with van der Waals surface area (Å²) in [5.41, 5.74) is 2.02. The van der Waals surface area contributed by atoms with Crippen LogP contribution in [-0.2, 0) is 0 Å². The quantitative estimate of drug-likeness (QED) is 0.937. The third-order valence-electron chi connectivity index (χ3n) is 3.68. The zero-order chi connectivity index (χ0) is 13.3. The van der Waals surface area contributed by atoms with Crippen molar-refractivity contribution in [3.8, 4) is 0 Å². The van der Waals surface area contributed by atoms with E-state index in [-0.39, 0.29) is 18.4 Å². The van der Waals surface area contributed by atoms with Crippen LogP contribution in [0, 0.1) is 0 Å². The Kier molecular flexibility index (Phi) is 4.48. The number of halogens is 1. The second-order valence-electron chi connectivity index (χ2n) is 5.63. The van der Waals surface area contributed by atoms with E-state index in [2.05, 4.69) is 53.4 Å². The van der Waals surface area contributed by atoms with Gasteiger partial charge in [0.1, 0.15) is 0 Å². The van der Waals surface area contributed by atoms with Crippen molar-refractivity contribution in [3.63, 3.8) is 0 Å². The van der Waals surface area contributed by atoms with Gasteiger partial charge in [0, 0.05) is 13.1 Å². The van der Waals surface area contributed by atoms with Crippen LogP contribution in [0.4, 0.5) is 0 Å². The molecule has 3 rings (SSSR count). The van der Waals surface area contributed by atoms with Gasteiger partial charge >= 0.3 is 0 Å². The number of hydrogen-bond acceptors (Lipinski definition) is 2. The average molecular weight is 290 g/mol. The second-order valence-corrected chi connectivity index (χ2v) is 5.63. The summed E-state index contributed by atoms with van der Waals surface area (Å²) < 4.78 is 0. The Hall–Kier alpha value is -1.35. The van der Waals surface area contributed by atoms with Crippen molar-refractivity contribution in [1.82, 2.24) is 4.90 Å². The van der Waals surface area contributed by atoms with Crippen molar-refractivity contribution < 1.29 is 5.11 Å². The molecular formula is C17H20ClNO. The molecule has 2 aromatic carbocycles. The standard InChI is InChI=1S/C17H19NO.ClH/c1-17(19)12-18(13-17)16(14-8-4-2-5-9-14)15-10-6-3-7-11-15;/h2-11,16,19H,12-13H2,1H3;1H. The first-order valence-corrected chi connectivity index (χ1v) is 6.72. The Bertz CT molecular complexity index is 494. The summed E-state index contributed by atoms with van der Waals surface area (Å²) in [6.45, 7) is 3.35. The summed E-state index contributed by atoms with van der Waals surface area (Å²) in [4.78, 5) is 2.32. The summed E-state index contributed by atoms with van der Waals surface area (Å²) in [6.07, 6.45) is 0. The van der Waals surface area contributed by atoms with E-state index in [1.165, 1.54) is 11.1 Å². The first-order chi connectivity index (χ1) is 9.16. The van der Waals surface area contributed by atoms with Crippen LogP contribution in [0.1, 0.15) is 24.1 Å². The van der Waals surface area contributed by atoms with Gasteiger partial charge in [0.2, 0.25) is 0 Å². The monoisotopic (exact) mass is 289 g/mol. The fourth-order valence-corrected chi connectivity index (χ4v) is 2.90. The Morgan fingerprint density at radius 3 is 1.65 bits per heavy atom. The van der Waals surface area contributed by atoms with E-state index in [1.54, 1.807) is 0 Å². The highest BCUT2D eigenvalue weighted by molar-refractivity contribution is 5.85. The van der Waals surface area contributed by atoms with Crippen LogP contribution in [0.25, 0.3) is 0 Å². The first kappa shape index (κ1) is 15.0. The lowest BCUT2D eigenvalue weighted by Gasteiger charge is -2.48. The van der Waals surface area contributed by atoms with Gasteiger partial charge in [-0.1, -0.05) is 60.7 Å². The molecular weight excluding hydrogens is 270 g/mol. The Morgan fingerprint density at radius 2 is 1.30 bits per heavy atom. The Labute approximate surface area is 126 Å². The molecule has 2 aromatic rings. The van der Waals surface area contributed by atoms with Gasteiger partial charge in [-0.05, 0) is 18.1 Å². The molecule has 0 aromatic heterocycles. The van der Waals surface area contributed by atoms with Crippen LogP contribution in [0.2, 0.25) is 0 Å². The molecule has 106 valence electrons. The largest absolute Gasteiger partial charge is 0.388 e. The fraction of sp³-hybridized carbons (Fsp3) is 0.294. The summed E-state index contributed by atoms with van der Waals surface area (Å²) >= 11 is 0. The zero-order valence-corrected chi connectivity index (χ0v) is 12.4. The van der Waals surface area contributed by atoms with Gasteiger partial charge in [0.15, 0.2) is 0 Å². The topological polar surface area (TPSA) is 23.5 Å². The van der Waals surface area contributed by atoms with E-state index in [0.717, 1.165) is 13.1 Å². The van der Waals surface area contributed by atoms with Crippen molar-refractivity contribution >= 4 is 12.4 Å². The first-order valence-electron chi connectivity index (χ1n) is 6.72. The van der Waals surface area contributed by atoms with Crippen molar-refractivity contribution in [2.45, 2.75) is 18.6 Å². The second kappa shape index (κ2) is 5.96. The zero-order valence-electron chi connectivity index (χ0n) is 11.6. The van der Waals surface area contributed by atoms with E-state index in [0.29, 0.717) is 0 Å². The van der Waals surface area contributed by atoms with E-state index in [9.17, 15) is 5.11 Å². The fourth-order valence-electron chi connectivity index (χ4n) is 2.90. The number of β-amino-alcohol motifs (C(OH)–C–C–N with tert-alkyl or cyclic N) is 1. The molecule has 1 saturated heterocycles. The molecule has 1 aliphatic heterocycles. The van der Waals surface area contributed by atoms with E-state index < -0.39 is 5.60 Å². The molecule has 0 bridgehead atoms. The van der Waals surface area contributed by atoms with Gasteiger partial charge in [0.25, 0.3) is 0 Å². The molecule has 1 fully saturated rings. The molecule has 0 amide bonds. The number of nitrogens with zero attached hydrogens (tertiary/aromatic N) is 1. The molecule has 0 saturated carbocycles. The Morgan fingerprint density at radius 1 is 0.900 bits per heavy atom. The van der Waals surface area contributed by atoms with E-state index in [4.69, 9.17) is 0 Å². The van der Waals surface area contributed by atoms with Gasteiger partial charge in [-0.25, -0.2) is 0 Å². The van der Waals surface area contributed by atoms with Crippen LogP contribution in [0.5, 0.6) is 0 Å². The molecule has 1 N–H and O–H groups in total. The van der Waals surface area contributed by atoms with Crippen LogP contribution in [0.3, 0.4) is 0 Å². The smallest absolute Gasteiger partial charge is 0.0872 e. The lowest BCUT2D eigenvalue weighted by Crippen LogP contribution is -2.60. The van der Waals surface area contributed by atoms with Crippen LogP contribution in [-0.4, -0.2) is 28.7 Å². The van der Waals surface area contributed by atoms with Gasteiger partial charge in [-0.2, -0.15) is 0 Å². The minimum absolute atomic E-state index is 0. The molecule has 2 nitrogen and oxygen atoms in total.